The second kappa shape index (κ2) is 5.50. The van der Waals surface area contributed by atoms with Gasteiger partial charge in [0.05, 0.1) is 11.6 Å². The standard InChI is InChI=1S/C12H12O2.C2H6/c1-3-9-4-5-11-10(6-9)12(13)8(2)7-14-11;1-2/h4-7H,3H2,1-2H3;1-2H3. The van der Waals surface area contributed by atoms with Crippen molar-refractivity contribution in [2.75, 3.05) is 0 Å². The molecule has 2 heteroatoms. The molecular weight excluding hydrogens is 200 g/mol. The molecule has 0 saturated heterocycles. The zero-order valence-electron chi connectivity index (χ0n) is 10.3. The van der Waals surface area contributed by atoms with E-state index in [0.717, 1.165) is 12.0 Å². The van der Waals surface area contributed by atoms with E-state index in [9.17, 15) is 4.79 Å². The lowest BCUT2D eigenvalue weighted by Gasteiger charge is -2.00. The van der Waals surface area contributed by atoms with Crippen LogP contribution in [0, 0.1) is 6.92 Å². The Morgan fingerprint density at radius 1 is 1.25 bits per heavy atom. The highest BCUT2D eigenvalue weighted by Gasteiger charge is 2.03. The topological polar surface area (TPSA) is 30.2 Å². The third kappa shape index (κ3) is 2.32. The Labute approximate surface area is 95.9 Å². The van der Waals surface area contributed by atoms with Crippen molar-refractivity contribution in [2.45, 2.75) is 34.1 Å². The van der Waals surface area contributed by atoms with Gasteiger partial charge < -0.3 is 4.42 Å². The van der Waals surface area contributed by atoms with Crippen LogP contribution in [0.15, 0.2) is 33.7 Å². The lowest BCUT2D eigenvalue weighted by atomic mass is 10.1. The highest BCUT2D eigenvalue weighted by atomic mass is 16.3. The predicted molar refractivity (Wildman–Crippen MR) is 67.9 cm³/mol. The normalized spacial score (nSPS) is 9.75. The predicted octanol–water partition coefficient (Wildman–Crippen LogP) is 3.69. The van der Waals surface area contributed by atoms with Gasteiger partial charge in [0.25, 0.3) is 0 Å². The van der Waals surface area contributed by atoms with Gasteiger partial charge in [-0.05, 0) is 31.0 Å². The van der Waals surface area contributed by atoms with Gasteiger partial charge >= 0.3 is 0 Å². The third-order valence-corrected chi connectivity index (χ3v) is 2.42. The van der Waals surface area contributed by atoms with Crippen LogP contribution < -0.4 is 5.43 Å². The molecule has 2 aromatic rings. The van der Waals surface area contributed by atoms with Crippen LogP contribution in [0.4, 0.5) is 0 Å². The average Bonchev–Trinajstić information content (AvgIpc) is 2.36. The molecule has 0 fully saturated rings. The van der Waals surface area contributed by atoms with Crippen LogP contribution in [0.5, 0.6) is 0 Å². The van der Waals surface area contributed by atoms with E-state index in [2.05, 4.69) is 6.92 Å². The van der Waals surface area contributed by atoms with E-state index in [4.69, 9.17) is 4.42 Å². The maximum absolute atomic E-state index is 11.7. The van der Waals surface area contributed by atoms with Crippen LogP contribution in [0.1, 0.15) is 31.9 Å². The summed E-state index contributed by atoms with van der Waals surface area (Å²) in [6, 6.07) is 5.75. The molecule has 2 rings (SSSR count). The molecule has 0 aliphatic carbocycles. The van der Waals surface area contributed by atoms with Gasteiger partial charge in [-0.15, -0.1) is 0 Å². The van der Waals surface area contributed by atoms with Crippen LogP contribution in [0.25, 0.3) is 11.0 Å². The van der Waals surface area contributed by atoms with Crippen molar-refractivity contribution in [1.82, 2.24) is 0 Å². The SMILES string of the molecule is CC.CCc1ccc2occ(C)c(=O)c2c1. The van der Waals surface area contributed by atoms with E-state index in [1.807, 2.05) is 32.0 Å². The minimum atomic E-state index is 0.0709. The highest BCUT2D eigenvalue weighted by Crippen LogP contribution is 2.13. The van der Waals surface area contributed by atoms with Crippen LogP contribution in [0.3, 0.4) is 0 Å². The molecule has 0 unspecified atom stereocenters. The molecule has 1 aromatic carbocycles. The van der Waals surface area contributed by atoms with E-state index in [-0.39, 0.29) is 5.43 Å². The van der Waals surface area contributed by atoms with Gasteiger partial charge in [0.2, 0.25) is 0 Å². The Morgan fingerprint density at radius 2 is 1.94 bits per heavy atom. The molecule has 0 spiro atoms. The van der Waals surface area contributed by atoms with E-state index in [0.29, 0.717) is 16.5 Å². The summed E-state index contributed by atoms with van der Waals surface area (Å²) in [5.74, 6) is 0. The van der Waals surface area contributed by atoms with Gasteiger partial charge in [-0.25, -0.2) is 0 Å². The Hall–Kier alpha value is -1.57. The first-order valence-corrected chi connectivity index (χ1v) is 5.73. The molecule has 0 saturated carbocycles. The monoisotopic (exact) mass is 218 g/mol. The second-order valence-corrected chi connectivity index (χ2v) is 3.43. The summed E-state index contributed by atoms with van der Waals surface area (Å²) in [4.78, 5) is 11.7. The Bertz CT molecular complexity index is 524. The van der Waals surface area contributed by atoms with Crippen LogP contribution >= 0.6 is 0 Å². The van der Waals surface area contributed by atoms with Crippen molar-refractivity contribution in [3.05, 3.63) is 45.8 Å². The first-order chi connectivity index (χ1) is 7.72. The number of hydrogen-bond donors (Lipinski definition) is 0. The van der Waals surface area contributed by atoms with Crippen LogP contribution in [0.2, 0.25) is 0 Å². The summed E-state index contributed by atoms with van der Waals surface area (Å²) >= 11 is 0. The Morgan fingerprint density at radius 3 is 2.56 bits per heavy atom. The number of fused-ring (bicyclic) bond motifs is 1. The van der Waals surface area contributed by atoms with Gasteiger partial charge in [-0.2, -0.15) is 0 Å². The fraction of sp³-hybridized carbons (Fsp3) is 0.357. The molecule has 2 nitrogen and oxygen atoms in total. The smallest absolute Gasteiger partial charge is 0.195 e. The number of rotatable bonds is 1. The molecule has 0 N–H and O–H groups in total. The fourth-order valence-corrected chi connectivity index (χ4v) is 1.50. The zero-order chi connectivity index (χ0) is 12.1. The van der Waals surface area contributed by atoms with Gasteiger partial charge in [0.1, 0.15) is 5.58 Å². The quantitative estimate of drug-likeness (QED) is 0.730. The maximum Gasteiger partial charge on any atom is 0.195 e. The summed E-state index contributed by atoms with van der Waals surface area (Å²) in [5.41, 5.74) is 2.56. The molecule has 1 heterocycles. The molecule has 0 aliphatic rings. The van der Waals surface area contributed by atoms with Gasteiger partial charge in [-0.3, -0.25) is 4.79 Å². The molecule has 0 amide bonds. The van der Waals surface area contributed by atoms with Crippen molar-refractivity contribution in [2.24, 2.45) is 0 Å². The van der Waals surface area contributed by atoms with Crippen LogP contribution in [-0.4, -0.2) is 0 Å². The molecule has 0 bridgehead atoms. The minimum Gasteiger partial charge on any atom is -0.464 e. The molecule has 0 atom stereocenters. The maximum atomic E-state index is 11.7. The van der Waals surface area contributed by atoms with E-state index < -0.39 is 0 Å². The lowest BCUT2D eigenvalue weighted by Crippen LogP contribution is -2.04. The Kier molecular flexibility index (Phi) is 4.29. The first-order valence-electron chi connectivity index (χ1n) is 5.73. The first kappa shape index (κ1) is 12.5. The van der Waals surface area contributed by atoms with Crippen molar-refractivity contribution in [3.63, 3.8) is 0 Å². The minimum absolute atomic E-state index is 0.0709. The number of aryl methyl sites for hydroxylation is 2. The summed E-state index contributed by atoms with van der Waals surface area (Å²) in [6.07, 6.45) is 2.44. The van der Waals surface area contributed by atoms with Crippen molar-refractivity contribution in [1.29, 1.82) is 0 Å². The summed E-state index contributed by atoms with van der Waals surface area (Å²) < 4.78 is 5.32. The van der Waals surface area contributed by atoms with Gasteiger partial charge in [0, 0.05) is 5.56 Å². The van der Waals surface area contributed by atoms with Crippen molar-refractivity contribution in [3.8, 4) is 0 Å². The number of hydrogen-bond acceptors (Lipinski definition) is 2. The van der Waals surface area contributed by atoms with Crippen LogP contribution in [-0.2, 0) is 6.42 Å². The summed E-state index contributed by atoms with van der Waals surface area (Å²) in [7, 11) is 0. The number of benzene rings is 1. The summed E-state index contributed by atoms with van der Waals surface area (Å²) in [6.45, 7) is 7.84. The molecule has 16 heavy (non-hydrogen) atoms. The molecule has 86 valence electrons. The molecular formula is C14H18O2. The molecule has 1 aromatic heterocycles. The van der Waals surface area contributed by atoms with Gasteiger partial charge in [0.15, 0.2) is 5.43 Å². The average molecular weight is 218 g/mol. The largest absolute Gasteiger partial charge is 0.464 e. The third-order valence-electron chi connectivity index (χ3n) is 2.42. The summed E-state index contributed by atoms with van der Waals surface area (Å²) in [5, 5.41) is 0.685. The molecule has 0 radical (unpaired) electrons. The lowest BCUT2D eigenvalue weighted by molar-refractivity contribution is 0.597. The van der Waals surface area contributed by atoms with E-state index >= 15 is 0 Å². The van der Waals surface area contributed by atoms with Gasteiger partial charge in [-0.1, -0.05) is 26.8 Å². The van der Waals surface area contributed by atoms with Crippen molar-refractivity contribution < 1.29 is 4.42 Å². The van der Waals surface area contributed by atoms with E-state index in [1.165, 1.54) is 6.26 Å². The van der Waals surface area contributed by atoms with Crippen molar-refractivity contribution >= 4 is 11.0 Å². The molecule has 0 aliphatic heterocycles. The van der Waals surface area contributed by atoms with E-state index in [1.54, 1.807) is 6.92 Å². The Balaban J connectivity index is 0.000000606. The zero-order valence-corrected chi connectivity index (χ0v) is 10.3. The highest BCUT2D eigenvalue weighted by molar-refractivity contribution is 5.77. The second-order valence-electron chi connectivity index (χ2n) is 3.43. The fourth-order valence-electron chi connectivity index (χ4n) is 1.50.